The van der Waals surface area contributed by atoms with Crippen molar-refractivity contribution >= 4 is 0 Å². The normalized spacial score (nSPS) is 19.6. The van der Waals surface area contributed by atoms with Crippen molar-refractivity contribution in [3.05, 3.63) is 23.1 Å². The predicted molar refractivity (Wildman–Crippen MR) is 48.2 cm³/mol. The van der Waals surface area contributed by atoms with Crippen LogP contribution in [0.2, 0.25) is 0 Å². The van der Waals surface area contributed by atoms with Gasteiger partial charge in [-0.15, -0.1) is 0 Å². The van der Waals surface area contributed by atoms with Gasteiger partial charge in [0.25, 0.3) is 6.08 Å². The summed E-state index contributed by atoms with van der Waals surface area (Å²) in [6.07, 6.45) is -11.5. The molecule has 0 nitrogen and oxygen atoms in total. The monoisotopic (exact) mass is 424 g/mol. The van der Waals surface area contributed by atoms with Crippen molar-refractivity contribution in [3.8, 4) is 0 Å². The van der Waals surface area contributed by atoms with Crippen molar-refractivity contribution in [3.63, 3.8) is 0 Å². The minimum absolute atomic E-state index is 3.54. The van der Waals surface area contributed by atoms with Crippen LogP contribution in [0.4, 0.5) is 70.2 Å². The molecule has 1 aliphatic rings. The van der Waals surface area contributed by atoms with Crippen LogP contribution < -0.4 is 0 Å². The molecule has 0 aromatic carbocycles. The highest BCUT2D eigenvalue weighted by atomic mass is 19.4. The molecule has 0 bridgehead atoms. The zero-order valence-corrected chi connectivity index (χ0v) is 11.0. The van der Waals surface area contributed by atoms with Gasteiger partial charge in [-0.3, -0.25) is 0 Å². The molecule has 0 atom stereocenters. The molecule has 0 saturated heterocycles. The Morgan fingerprint density at radius 2 is 1.04 bits per heavy atom. The van der Waals surface area contributed by atoms with Gasteiger partial charge >= 0.3 is 35.8 Å². The van der Waals surface area contributed by atoms with Gasteiger partial charge in [-0.05, 0) is 0 Å². The molecule has 0 aromatic heterocycles. The topological polar surface area (TPSA) is 0 Å². The fraction of sp³-hybridized carbons (Fsp3) is 0.600. The minimum Gasteiger partial charge on any atom is -0.204 e. The quantitative estimate of drug-likeness (QED) is 0.478. The summed E-state index contributed by atoms with van der Waals surface area (Å²) in [6.45, 7) is 0. The Balaban J connectivity index is 3.68. The van der Waals surface area contributed by atoms with Gasteiger partial charge in [0.15, 0.2) is 5.83 Å². The fourth-order valence-corrected chi connectivity index (χ4v) is 1.71. The van der Waals surface area contributed by atoms with Gasteiger partial charge in [-0.2, -0.15) is 65.9 Å². The van der Waals surface area contributed by atoms with Crippen LogP contribution >= 0.6 is 0 Å². The van der Waals surface area contributed by atoms with Gasteiger partial charge in [-0.1, -0.05) is 0 Å². The van der Waals surface area contributed by atoms with E-state index in [1.54, 1.807) is 0 Å². The largest absolute Gasteiger partial charge is 0.460 e. The first-order valence-electron chi connectivity index (χ1n) is 5.52. The van der Waals surface area contributed by atoms with Crippen LogP contribution in [-0.2, 0) is 0 Å². The van der Waals surface area contributed by atoms with E-state index >= 15 is 0 Å². The molecule has 0 unspecified atom stereocenters. The first-order valence-corrected chi connectivity index (χ1v) is 5.52. The highest BCUT2D eigenvalue weighted by Gasteiger charge is 2.89. The van der Waals surface area contributed by atoms with Crippen LogP contribution in [0.1, 0.15) is 0 Å². The number of alkyl halides is 13. The van der Waals surface area contributed by atoms with Crippen LogP contribution in [0.25, 0.3) is 0 Å². The van der Waals surface area contributed by atoms with Crippen LogP contribution in [0.15, 0.2) is 23.1 Å². The van der Waals surface area contributed by atoms with E-state index in [2.05, 4.69) is 0 Å². The Labute approximate surface area is 130 Å². The molecule has 1 aliphatic carbocycles. The Morgan fingerprint density at radius 1 is 0.654 bits per heavy atom. The zero-order valence-electron chi connectivity index (χ0n) is 11.0. The summed E-state index contributed by atoms with van der Waals surface area (Å²) in [6, 6.07) is 0. The van der Waals surface area contributed by atoms with Gasteiger partial charge < -0.3 is 0 Å². The third-order valence-corrected chi connectivity index (χ3v) is 3.10. The average molecular weight is 424 g/mol. The van der Waals surface area contributed by atoms with E-state index in [4.69, 9.17) is 0 Å². The van der Waals surface area contributed by atoms with Crippen LogP contribution in [-0.4, -0.2) is 35.8 Å². The third kappa shape index (κ3) is 2.46. The number of rotatable bonds is 4. The minimum atomic E-state index is -8.04. The van der Waals surface area contributed by atoms with Crippen LogP contribution in [0.3, 0.4) is 0 Å². The molecule has 16 heteroatoms. The first kappa shape index (κ1) is 22.4. The molecule has 0 aromatic rings. The molecular weight excluding hydrogens is 424 g/mol. The zero-order chi connectivity index (χ0) is 21.3. The van der Waals surface area contributed by atoms with Crippen molar-refractivity contribution in [2.45, 2.75) is 35.8 Å². The second kappa shape index (κ2) is 5.43. The molecule has 0 radical (unpaired) electrons. The second-order valence-electron chi connectivity index (χ2n) is 4.69. The average Bonchev–Trinajstić information content (AvgIpc) is 2.41. The maximum atomic E-state index is 13.3. The highest BCUT2D eigenvalue weighted by molar-refractivity contribution is 5.59. The molecule has 0 N–H and O–H groups in total. The maximum absolute atomic E-state index is 13.3. The Hall–Kier alpha value is -1.64. The molecule has 0 fully saturated rings. The van der Waals surface area contributed by atoms with Crippen molar-refractivity contribution in [2.75, 3.05) is 0 Å². The summed E-state index contributed by atoms with van der Waals surface area (Å²) in [5.41, 5.74) is -7.35. The summed E-state index contributed by atoms with van der Waals surface area (Å²) < 4.78 is 202. The standard InChI is InChI=1S/C10F16/c11-3-1(2(4(12)13)5(3,14)15)6(16,17)7(18,19)8(20,21)9(22,23)10(24,25)26. The van der Waals surface area contributed by atoms with Crippen LogP contribution in [0, 0.1) is 0 Å². The van der Waals surface area contributed by atoms with Gasteiger partial charge in [0, 0.05) is 0 Å². The van der Waals surface area contributed by atoms with Gasteiger partial charge in [0.1, 0.15) is 5.57 Å². The summed E-state index contributed by atoms with van der Waals surface area (Å²) in [5.74, 6) is -40.6. The number of halogens is 16. The number of hydrogen-bond donors (Lipinski definition) is 0. The summed E-state index contributed by atoms with van der Waals surface area (Å²) >= 11 is 0. The fourth-order valence-electron chi connectivity index (χ4n) is 1.71. The lowest BCUT2D eigenvalue weighted by Gasteiger charge is -2.41. The molecule has 0 saturated carbocycles. The van der Waals surface area contributed by atoms with Crippen LogP contribution in [0.5, 0.6) is 0 Å². The Bertz CT molecular complexity index is 655. The van der Waals surface area contributed by atoms with Crippen molar-refractivity contribution in [1.82, 2.24) is 0 Å². The van der Waals surface area contributed by atoms with E-state index in [-0.39, 0.29) is 0 Å². The molecular formula is C10F16. The number of hydrogen-bond acceptors (Lipinski definition) is 0. The summed E-state index contributed by atoms with van der Waals surface area (Å²) in [4.78, 5) is 0. The lowest BCUT2D eigenvalue weighted by Crippen LogP contribution is -2.67. The SMILES string of the molecule is FC(F)=C1C(C(F)(F)C(F)(F)C(F)(F)C(F)(F)C(F)(F)F)=C(F)C1(F)F. The van der Waals surface area contributed by atoms with Gasteiger partial charge in [0.2, 0.25) is 0 Å². The van der Waals surface area contributed by atoms with E-state index in [1.807, 2.05) is 0 Å². The van der Waals surface area contributed by atoms with Gasteiger partial charge in [0.05, 0.1) is 5.57 Å². The lowest BCUT2D eigenvalue weighted by atomic mass is 9.78. The third-order valence-electron chi connectivity index (χ3n) is 3.10. The molecule has 0 amide bonds. The molecule has 0 spiro atoms. The van der Waals surface area contributed by atoms with Crippen molar-refractivity contribution in [1.29, 1.82) is 0 Å². The Morgan fingerprint density at radius 3 is 1.35 bits per heavy atom. The lowest BCUT2D eigenvalue weighted by molar-refractivity contribution is -0.418. The van der Waals surface area contributed by atoms with Gasteiger partial charge in [-0.25, -0.2) is 4.39 Å². The van der Waals surface area contributed by atoms with Crippen molar-refractivity contribution in [2.24, 2.45) is 0 Å². The maximum Gasteiger partial charge on any atom is 0.460 e. The molecule has 1 rings (SSSR count). The molecule has 152 valence electrons. The predicted octanol–water partition coefficient (Wildman–Crippen LogP) is 6.11. The van der Waals surface area contributed by atoms with E-state index < -0.39 is 58.8 Å². The van der Waals surface area contributed by atoms with Crippen molar-refractivity contribution < 1.29 is 70.2 Å². The summed E-state index contributed by atoms with van der Waals surface area (Å²) in [7, 11) is 0. The molecule has 26 heavy (non-hydrogen) atoms. The molecule has 0 aliphatic heterocycles. The Kier molecular flexibility index (Phi) is 4.68. The summed E-state index contributed by atoms with van der Waals surface area (Å²) in [5, 5.41) is 0. The van der Waals surface area contributed by atoms with E-state index in [0.29, 0.717) is 0 Å². The van der Waals surface area contributed by atoms with E-state index in [1.165, 1.54) is 0 Å². The van der Waals surface area contributed by atoms with E-state index in [9.17, 15) is 70.2 Å². The molecule has 0 heterocycles. The highest BCUT2D eigenvalue weighted by Crippen LogP contribution is 2.64. The first-order chi connectivity index (χ1) is 11.1. The van der Waals surface area contributed by atoms with E-state index in [0.717, 1.165) is 0 Å². The second-order valence-corrected chi connectivity index (χ2v) is 4.69. The number of allylic oxidation sites excluding steroid dienone is 3. The smallest absolute Gasteiger partial charge is 0.204 e.